The number of rotatable bonds is 2. The molecule has 0 saturated carbocycles. The molecule has 0 amide bonds. The van der Waals surface area contributed by atoms with E-state index in [0.29, 0.717) is 11.5 Å². The zero-order valence-corrected chi connectivity index (χ0v) is 14.9. The van der Waals surface area contributed by atoms with Crippen molar-refractivity contribution in [3.05, 3.63) is 10.6 Å². The molecule has 1 aliphatic carbocycles. The average molecular weight is 308 g/mol. The molecule has 21 heavy (non-hydrogen) atoms. The third-order valence-electron chi connectivity index (χ3n) is 5.39. The molecule has 1 saturated heterocycles. The fourth-order valence-corrected chi connectivity index (χ4v) is 4.95. The van der Waals surface area contributed by atoms with Crippen molar-refractivity contribution in [2.45, 2.75) is 53.0 Å². The number of nitrogens with one attached hydrogen (secondary N) is 1. The molecule has 0 aromatic carbocycles. The monoisotopic (exact) mass is 307 g/mol. The first kappa shape index (κ1) is 15.3. The summed E-state index contributed by atoms with van der Waals surface area (Å²) < 4.78 is 0. The maximum absolute atomic E-state index is 5.03. The van der Waals surface area contributed by atoms with Crippen LogP contribution in [0.3, 0.4) is 0 Å². The molecule has 0 bridgehead atoms. The highest BCUT2D eigenvalue weighted by molar-refractivity contribution is 7.15. The third-order valence-corrected chi connectivity index (χ3v) is 6.66. The Balaban J connectivity index is 1.85. The molecule has 1 aromatic heterocycles. The second-order valence-electron chi connectivity index (χ2n) is 7.88. The van der Waals surface area contributed by atoms with E-state index in [1.807, 2.05) is 11.3 Å². The van der Waals surface area contributed by atoms with Gasteiger partial charge in [0.2, 0.25) is 0 Å². The minimum atomic E-state index is 0.357. The highest BCUT2D eigenvalue weighted by Crippen LogP contribution is 2.45. The Kier molecular flexibility index (Phi) is 4.04. The van der Waals surface area contributed by atoms with Crippen molar-refractivity contribution >= 4 is 16.5 Å². The maximum Gasteiger partial charge on any atom is 0.185 e. The molecule has 1 N–H and O–H groups in total. The van der Waals surface area contributed by atoms with Crippen LogP contribution in [0.5, 0.6) is 0 Å². The Bertz CT molecular complexity index is 508. The Hall–Kier alpha value is -0.610. The molecular weight excluding hydrogens is 278 g/mol. The van der Waals surface area contributed by atoms with Crippen LogP contribution < -0.4 is 10.2 Å². The lowest BCUT2D eigenvalue weighted by Gasteiger charge is -2.35. The first-order valence-corrected chi connectivity index (χ1v) is 9.13. The third kappa shape index (κ3) is 2.98. The predicted molar refractivity (Wildman–Crippen MR) is 91.2 cm³/mol. The number of hydrogen-bond donors (Lipinski definition) is 1. The second-order valence-corrected chi connectivity index (χ2v) is 8.89. The highest BCUT2D eigenvalue weighted by atomic mass is 32.1. The fraction of sp³-hybridized carbons (Fsp3) is 0.824. The molecular formula is C17H29N3S. The molecule has 118 valence electrons. The normalized spacial score (nSPS) is 32.0. The molecule has 1 aromatic rings. The van der Waals surface area contributed by atoms with Crippen molar-refractivity contribution in [3.63, 3.8) is 0 Å². The van der Waals surface area contributed by atoms with Gasteiger partial charge in [0.25, 0.3) is 0 Å². The van der Waals surface area contributed by atoms with Gasteiger partial charge >= 0.3 is 0 Å². The standard InChI is InChI=1S/C17H29N3S/c1-11-6-7-20(10-12(11)2)16-19-14-9-17(3,4)8-13(18-5)15(14)21-16/h11-13,18H,6-10H2,1-5H3. The summed E-state index contributed by atoms with van der Waals surface area (Å²) in [6, 6.07) is 0.483. The van der Waals surface area contributed by atoms with E-state index in [2.05, 4.69) is 45.0 Å². The molecule has 0 spiro atoms. The van der Waals surface area contributed by atoms with Crippen LogP contribution in [0.1, 0.15) is 57.1 Å². The quantitative estimate of drug-likeness (QED) is 0.899. The van der Waals surface area contributed by atoms with Crippen molar-refractivity contribution in [2.75, 3.05) is 25.0 Å². The van der Waals surface area contributed by atoms with E-state index >= 15 is 0 Å². The van der Waals surface area contributed by atoms with Gasteiger partial charge in [0.05, 0.1) is 5.69 Å². The second kappa shape index (κ2) is 5.54. The van der Waals surface area contributed by atoms with Crippen LogP contribution in [0.4, 0.5) is 5.13 Å². The average Bonchev–Trinajstić information content (AvgIpc) is 2.83. The summed E-state index contributed by atoms with van der Waals surface area (Å²) in [7, 11) is 2.08. The molecule has 1 fully saturated rings. The molecule has 3 rings (SSSR count). The van der Waals surface area contributed by atoms with E-state index in [-0.39, 0.29) is 0 Å². The van der Waals surface area contributed by atoms with E-state index in [9.17, 15) is 0 Å². The first-order chi connectivity index (χ1) is 9.89. The Labute approximate surface area is 133 Å². The van der Waals surface area contributed by atoms with Crippen molar-refractivity contribution in [3.8, 4) is 0 Å². The largest absolute Gasteiger partial charge is 0.348 e. The van der Waals surface area contributed by atoms with Gasteiger partial charge in [0, 0.05) is 24.0 Å². The lowest BCUT2D eigenvalue weighted by Crippen LogP contribution is -2.38. The van der Waals surface area contributed by atoms with E-state index in [1.54, 1.807) is 0 Å². The first-order valence-electron chi connectivity index (χ1n) is 8.31. The zero-order valence-electron chi connectivity index (χ0n) is 14.1. The Morgan fingerprint density at radius 3 is 2.71 bits per heavy atom. The number of fused-ring (bicyclic) bond motifs is 1. The highest BCUT2D eigenvalue weighted by Gasteiger charge is 2.35. The summed E-state index contributed by atoms with van der Waals surface area (Å²) in [4.78, 5) is 9.04. The minimum Gasteiger partial charge on any atom is -0.348 e. The SMILES string of the molecule is CNC1CC(C)(C)Cc2nc(N3CCC(C)C(C)C3)sc21. The number of anilines is 1. The van der Waals surface area contributed by atoms with Crippen LogP contribution in [-0.4, -0.2) is 25.1 Å². The lowest BCUT2D eigenvalue weighted by molar-refractivity contribution is 0.265. The molecule has 0 radical (unpaired) electrons. The zero-order chi connectivity index (χ0) is 15.2. The fourth-order valence-electron chi connectivity index (χ4n) is 3.73. The summed E-state index contributed by atoms with van der Waals surface area (Å²) in [5.74, 6) is 1.62. The van der Waals surface area contributed by atoms with Crippen molar-refractivity contribution in [1.82, 2.24) is 10.3 Å². The van der Waals surface area contributed by atoms with E-state index in [4.69, 9.17) is 4.98 Å². The van der Waals surface area contributed by atoms with Crippen LogP contribution >= 0.6 is 11.3 Å². The number of piperidine rings is 1. The molecule has 2 heterocycles. The molecule has 2 aliphatic rings. The number of hydrogen-bond acceptors (Lipinski definition) is 4. The van der Waals surface area contributed by atoms with Gasteiger partial charge in [-0.05, 0) is 43.6 Å². The Morgan fingerprint density at radius 2 is 2.05 bits per heavy atom. The van der Waals surface area contributed by atoms with Gasteiger partial charge in [-0.2, -0.15) is 0 Å². The molecule has 3 unspecified atom stereocenters. The summed E-state index contributed by atoms with van der Waals surface area (Å²) in [5, 5.41) is 4.76. The van der Waals surface area contributed by atoms with Crippen molar-refractivity contribution in [1.29, 1.82) is 0 Å². The van der Waals surface area contributed by atoms with Gasteiger partial charge in [-0.15, -0.1) is 0 Å². The van der Waals surface area contributed by atoms with Crippen LogP contribution in [0.25, 0.3) is 0 Å². The summed E-state index contributed by atoms with van der Waals surface area (Å²) >= 11 is 1.93. The summed E-state index contributed by atoms with van der Waals surface area (Å²) in [5.41, 5.74) is 1.70. The van der Waals surface area contributed by atoms with E-state index in [0.717, 1.165) is 18.3 Å². The molecule has 4 heteroatoms. The minimum absolute atomic E-state index is 0.357. The number of thiazole rings is 1. The van der Waals surface area contributed by atoms with Crippen LogP contribution in [0.2, 0.25) is 0 Å². The summed E-state index contributed by atoms with van der Waals surface area (Å²) in [6.07, 6.45) is 3.63. The van der Waals surface area contributed by atoms with Gasteiger partial charge in [0.1, 0.15) is 0 Å². The Morgan fingerprint density at radius 1 is 1.29 bits per heavy atom. The van der Waals surface area contributed by atoms with Crippen molar-refractivity contribution < 1.29 is 0 Å². The van der Waals surface area contributed by atoms with Crippen LogP contribution in [0.15, 0.2) is 0 Å². The number of nitrogens with zero attached hydrogens (tertiary/aromatic N) is 2. The van der Waals surface area contributed by atoms with Crippen LogP contribution in [0, 0.1) is 17.3 Å². The molecule has 3 nitrogen and oxygen atoms in total. The van der Waals surface area contributed by atoms with Crippen molar-refractivity contribution in [2.24, 2.45) is 17.3 Å². The summed E-state index contributed by atoms with van der Waals surface area (Å²) in [6.45, 7) is 11.8. The molecule has 3 atom stereocenters. The number of aromatic nitrogens is 1. The van der Waals surface area contributed by atoms with Gasteiger partial charge < -0.3 is 10.2 Å². The van der Waals surface area contributed by atoms with Gasteiger partial charge in [-0.25, -0.2) is 4.98 Å². The van der Waals surface area contributed by atoms with Crippen LogP contribution in [-0.2, 0) is 6.42 Å². The van der Waals surface area contributed by atoms with E-state index in [1.165, 1.54) is 41.6 Å². The lowest BCUT2D eigenvalue weighted by atomic mass is 9.76. The molecule has 1 aliphatic heterocycles. The predicted octanol–water partition coefficient (Wildman–Crippen LogP) is 3.86. The van der Waals surface area contributed by atoms with Gasteiger partial charge in [-0.1, -0.05) is 39.0 Å². The van der Waals surface area contributed by atoms with Gasteiger partial charge in [0.15, 0.2) is 5.13 Å². The van der Waals surface area contributed by atoms with E-state index < -0.39 is 0 Å². The smallest absolute Gasteiger partial charge is 0.185 e. The van der Waals surface area contributed by atoms with Gasteiger partial charge in [-0.3, -0.25) is 0 Å². The topological polar surface area (TPSA) is 28.2 Å². The maximum atomic E-state index is 5.03.